The standard InChI is InChI=1S/C25H26N2O5S/c1-17(2)31-21-12-8-19(9-13-21)25(28)26-20-10-14-22(15-11-20)33(29,30)27-16-18(3)32-24-7-5-4-6-23(24)27/h4-15,17-18H,16H2,1-3H3,(H,26,28)/t18-/m0/s1. The van der Waals surface area contributed by atoms with Crippen LogP contribution in [0.15, 0.2) is 77.7 Å². The highest BCUT2D eigenvalue weighted by atomic mass is 32.2. The molecule has 3 aromatic carbocycles. The largest absolute Gasteiger partial charge is 0.491 e. The molecule has 1 N–H and O–H groups in total. The summed E-state index contributed by atoms with van der Waals surface area (Å²) in [4.78, 5) is 12.7. The maximum atomic E-state index is 13.3. The van der Waals surface area contributed by atoms with Gasteiger partial charge in [0, 0.05) is 11.3 Å². The maximum Gasteiger partial charge on any atom is 0.264 e. The lowest BCUT2D eigenvalue weighted by Crippen LogP contribution is -2.42. The number of nitrogens with one attached hydrogen (secondary N) is 1. The van der Waals surface area contributed by atoms with Crippen LogP contribution in [0.3, 0.4) is 0 Å². The van der Waals surface area contributed by atoms with Crippen LogP contribution in [0.1, 0.15) is 31.1 Å². The number of nitrogens with zero attached hydrogens (tertiary/aromatic N) is 1. The molecule has 1 heterocycles. The molecule has 1 aliphatic rings. The van der Waals surface area contributed by atoms with Gasteiger partial charge in [-0.15, -0.1) is 0 Å². The molecule has 3 aromatic rings. The predicted molar refractivity (Wildman–Crippen MR) is 128 cm³/mol. The summed E-state index contributed by atoms with van der Waals surface area (Å²) < 4.78 is 39.4. The van der Waals surface area contributed by atoms with Crippen molar-refractivity contribution in [3.63, 3.8) is 0 Å². The van der Waals surface area contributed by atoms with Crippen molar-refractivity contribution in [2.75, 3.05) is 16.2 Å². The maximum absolute atomic E-state index is 13.3. The highest BCUT2D eigenvalue weighted by Gasteiger charge is 2.32. The molecule has 0 bridgehead atoms. The molecular weight excluding hydrogens is 440 g/mol. The molecule has 8 heteroatoms. The molecule has 33 heavy (non-hydrogen) atoms. The Morgan fingerprint density at radius 1 is 1.03 bits per heavy atom. The Morgan fingerprint density at radius 3 is 2.36 bits per heavy atom. The Morgan fingerprint density at radius 2 is 1.70 bits per heavy atom. The van der Waals surface area contributed by atoms with E-state index in [4.69, 9.17) is 9.47 Å². The Labute approximate surface area is 194 Å². The lowest BCUT2D eigenvalue weighted by Gasteiger charge is -2.34. The van der Waals surface area contributed by atoms with Gasteiger partial charge in [0.25, 0.3) is 15.9 Å². The molecule has 0 spiro atoms. The molecule has 4 rings (SSSR count). The number of fused-ring (bicyclic) bond motifs is 1. The normalized spacial score (nSPS) is 15.5. The molecule has 0 aliphatic carbocycles. The van der Waals surface area contributed by atoms with E-state index in [9.17, 15) is 13.2 Å². The van der Waals surface area contributed by atoms with Crippen LogP contribution in [-0.2, 0) is 10.0 Å². The highest BCUT2D eigenvalue weighted by molar-refractivity contribution is 7.92. The molecule has 7 nitrogen and oxygen atoms in total. The first-order valence-electron chi connectivity index (χ1n) is 10.7. The smallest absolute Gasteiger partial charge is 0.264 e. The Hall–Kier alpha value is -3.52. The minimum Gasteiger partial charge on any atom is -0.491 e. The molecular formula is C25H26N2O5S. The number of benzene rings is 3. The number of carbonyl (C=O) groups excluding carboxylic acids is 1. The Balaban J connectivity index is 1.50. The third kappa shape index (κ3) is 4.96. The molecule has 1 aliphatic heterocycles. The van der Waals surface area contributed by atoms with E-state index in [1.807, 2.05) is 26.8 Å². The van der Waals surface area contributed by atoms with E-state index >= 15 is 0 Å². The van der Waals surface area contributed by atoms with E-state index in [0.717, 1.165) is 0 Å². The van der Waals surface area contributed by atoms with Crippen molar-refractivity contribution < 1.29 is 22.7 Å². The zero-order chi connectivity index (χ0) is 23.6. The molecule has 0 radical (unpaired) electrons. The molecule has 0 fully saturated rings. The van der Waals surface area contributed by atoms with Gasteiger partial charge in [0.05, 0.1) is 23.2 Å². The van der Waals surface area contributed by atoms with Crippen LogP contribution in [0.5, 0.6) is 11.5 Å². The molecule has 0 aromatic heterocycles. The number of rotatable bonds is 6. The van der Waals surface area contributed by atoms with Crippen LogP contribution >= 0.6 is 0 Å². The average molecular weight is 467 g/mol. The SMILES string of the molecule is CC(C)Oc1ccc(C(=O)Nc2ccc(S(=O)(=O)N3C[C@H](C)Oc4ccccc43)cc2)cc1. The van der Waals surface area contributed by atoms with Gasteiger partial charge in [-0.05, 0) is 81.4 Å². The Kier molecular flexibility index (Phi) is 6.29. The summed E-state index contributed by atoms with van der Waals surface area (Å²) in [5.74, 6) is 0.932. The fraction of sp³-hybridized carbons (Fsp3) is 0.240. The number of hydrogen-bond acceptors (Lipinski definition) is 5. The number of hydrogen-bond donors (Lipinski definition) is 1. The van der Waals surface area contributed by atoms with Gasteiger partial charge in [0.2, 0.25) is 0 Å². The number of amides is 1. The van der Waals surface area contributed by atoms with Gasteiger partial charge in [0.15, 0.2) is 0 Å². The van der Waals surface area contributed by atoms with Gasteiger partial charge in [-0.25, -0.2) is 8.42 Å². The number of anilines is 2. The number of ether oxygens (including phenoxy) is 2. The molecule has 1 amide bonds. The third-order valence-corrected chi connectivity index (χ3v) is 6.87. The minimum atomic E-state index is -3.79. The summed E-state index contributed by atoms with van der Waals surface area (Å²) in [5.41, 5.74) is 1.48. The number of para-hydroxylation sites is 2. The van der Waals surface area contributed by atoms with Crippen LogP contribution in [0.4, 0.5) is 11.4 Å². The lowest BCUT2D eigenvalue weighted by molar-refractivity contribution is 0.102. The zero-order valence-electron chi connectivity index (χ0n) is 18.7. The van der Waals surface area contributed by atoms with Crippen LogP contribution in [0.2, 0.25) is 0 Å². The van der Waals surface area contributed by atoms with Crippen molar-refractivity contribution in [2.45, 2.75) is 37.9 Å². The molecule has 1 atom stereocenters. The Bertz CT molecular complexity index is 1240. The first-order valence-corrected chi connectivity index (χ1v) is 12.1. The second kappa shape index (κ2) is 9.15. The lowest BCUT2D eigenvalue weighted by atomic mass is 10.2. The van der Waals surface area contributed by atoms with Gasteiger partial charge < -0.3 is 14.8 Å². The van der Waals surface area contributed by atoms with Crippen molar-refractivity contribution in [1.29, 1.82) is 0 Å². The molecule has 0 saturated carbocycles. The van der Waals surface area contributed by atoms with E-state index in [2.05, 4.69) is 5.32 Å². The van der Waals surface area contributed by atoms with Crippen molar-refractivity contribution in [2.24, 2.45) is 0 Å². The summed E-state index contributed by atoms with van der Waals surface area (Å²) in [5, 5.41) is 2.79. The monoisotopic (exact) mass is 466 g/mol. The van der Waals surface area contributed by atoms with E-state index in [1.165, 1.54) is 16.4 Å². The van der Waals surface area contributed by atoms with Gasteiger partial charge in [-0.3, -0.25) is 9.10 Å². The van der Waals surface area contributed by atoms with E-state index < -0.39 is 10.0 Å². The van der Waals surface area contributed by atoms with Crippen LogP contribution < -0.4 is 19.1 Å². The van der Waals surface area contributed by atoms with Crippen molar-refractivity contribution in [3.8, 4) is 11.5 Å². The second-order valence-electron chi connectivity index (χ2n) is 8.10. The predicted octanol–water partition coefficient (Wildman–Crippen LogP) is 4.70. The zero-order valence-corrected chi connectivity index (χ0v) is 19.5. The first-order chi connectivity index (χ1) is 15.7. The van der Waals surface area contributed by atoms with Gasteiger partial charge >= 0.3 is 0 Å². The summed E-state index contributed by atoms with van der Waals surface area (Å²) in [6.45, 7) is 5.92. The number of sulfonamides is 1. The summed E-state index contributed by atoms with van der Waals surface area (Å²) in [6, 6.07) is 20.1. The van der Waals surface area contributed by atoms with Crippen molar-refractivity contribution in [3.05, 3.63) is 78.4 Å². The van der Waals surface area contributed by atoms with Crippen LogP contribution in [0.25, 0.3) is 0 Å². The second-order valence-corrected chi connectivity index (χ2v) is 9.96. The molecule has 0 unspecified atom stereocenters. The average Bonchev–Trinajstić information content (AvgIpc) is 2.79. The summed E-state index contributed by atoms with van der Waals surface area (Å²) >= 11 is 0. The minimum absolute atomic E-state index is 0.0497. The first kappa shape index (κ1) is 22.7. The summed E-state index contributed by atoms with van der Waals surface area (Å²) in [7, 11) is -3.79. The van der Waals surface area contributed by atoms with Gasteiger partial charge in [0.1, 0.15) is 17.6 Å². The van der Waals surface area contributed by atoms with Crippen LogP contribution in [0, 0.1) is 0 Å². The van der Waals surface area contributed by atoms with E-state index in [0.29, 0.717) is 28.4 Å². The topological polar surface area (TPSA) is 84.9 Å². The van der Waals surface area contributed by atoms with Gasteiger partial charge in [-0.2, -0.15) is 0 Å². The molecule has 0 saturated heterocycles. The van der Waals surface area contributed by atoms with Crippen molar-refractivity contribution in [1.82, 2.24) is 0 Å². The third-order valence-electron chi connectivity index (χ3n) is 5.07. The quantitative estimate of drug-likeness (QED) is 0.569. The highest BCUT2D eigenvalue weighted by Crippen LogP contribution is 2.36. The fourth-order valence-corrected chi connectivity index (χ4v) is 5.12. The van der Waals surface area contributed by atoms with Gasteiger partial charge in [-0.1, -0.05) is 12.1 Å². The van der Waals surface area contributed by atoms with E-state index in [1.54, 1.807) is 54.6 Å². The fourth-order valence-electron chi connectivity index (χ4n) is 3.57. The summed E-state index contributed by atoms with van der Waals surface area (Å²) in [6.07, 6.45) is -0.223. The van der Waals surface area contributed by atoms with Crippen LogP contribution in [-0.4, -0.2) is 33.1 Å². The van der Waals surface area contributed by atoms with E-state index in [-0.39, 0.29) is 29.6 Å². The molecule has 172 valence electrons. The van der Waals surface area contributed by atoms with Crippen molar-refractivity contribution >= 4 is 27.3 Å². The number of carbonyl (C=O) groups is 1.